The Morgan fingerprint density at radius 1 is 1.19 bits per heavy atom. The van der Waals surface area contributed by atoms with Gasteiger partial charge in [-0.3, -0.25) is 4.84 Å². The van der Waals surface area contributed by atoms with Gasteiger partial charge in [0.15, 0.2) is 5.76 Å². The number of aliphatic hydroxyl groups excluding tert-OH is 2. The van der Waals surface area contributed by atoms with Crippen molar-refractivity contribution in [1.29, 1.82) is 0 Å². The van der Waals surface area contributed by atoms with Crippen molar-refractivity contribution in [3.63, 3.8) is 0 Å². The second-order valence-electron chi connectivity index (χ2n) is 4.29. The molecule has 2 rings (SSSR count). The number of methoxy groups -OCH3 is 1. The summed E-state index contributed by atoms with van der Waals surface area (Å²) >= 11 is 0. The van der Waals surface area contributed by atoms with Gasteiger partial charge in [0.2, 0.25) is 17.2 Å². The van der Waals surface area contributed by atoms with Gasteiger partial charge in [-0.1, -0.05) is 12.1 Å². The van der Waals surface area contributed by atoms with Crippen LogP contribution in [-0.4, -0.2) is 40.1 Å². The Morgan fingerprint density at radius 3 is 2.52 bits per heavy atom. The zero-order chi connectivity index (χ0) is 15.4. The van der Waals surface area contributed by atoms with E-state index >= 15 is 0 Å². The molecule has 0 heterocycles. The molecule has 1 aromatic carbocycles. The minimum Gasteiger partial charge on any atom is -0.504 e. The molecule has 0 aliphatic heterocycles. The van der Waals surface area contributed by atoms with Gasteiger partial charge in [0.25, 0.3) is 5.71 Å². The Bertz CT molecular complexity index is 634. The zero-order valence-electron chi connectivity index (χ0n) is 11.8. The number of ether oxygens (including phenoxy) is 1. The average molecular weight is 294 g/mol. The van der Waals surface area contributed by atoms with Crippen LogP contribution in [0.1, 0.15) is 6.42 Å². The summed E-state index contributed by atoms with van der Waals surface area (Å²) < 4.78 is 6.59. The lowest BCUT2D eigenvalue weighted by molar-refractivity contribution is -0.830. The van der Waals surface area contributed by atoms with Crippen LogP contribution in [0, 0.1) is 0 Å². The Balaban J connectivity index is 2.64. The van der Waals surface area contributed by atoms with Crippen LogP contribution in [0.5, 0.6) is 0 Å². The lowest BCUT2D eigenvalue weighted by Crippen LogP contribution is -2.74. The monoisotopic (exact) mass is 294 g/mol. The predicted octanol–water partition coefficient (Wildman–Crippen LogP) is 1.18. The molecule has 0 atom stereocenters. The van der Waals surface area contributed by atoms with E-state index in [-0.39, 0.29) is 17.3 Å². The Hall–Kier alpha value is -2.51. The van der Waals surface area contributed by atoms with Crippen LogP contribution in [0.25, 0.3) is 0 Å². The highest BCUT2D eigenvalue weighted by Crippen LogP contribution is 2.26. The number of benzene rings is 1. The van der Waals surface area contributed by atoms with Crippen molar-refractivity contribution in [2.75, 3.05) is 14.2 Å². The third-order valence-corrected chi connectivity index (χ3v) is 3.14. The Labute approximate surface area is 121 Å². The van der Waals surface area contributed by atoms with E-state index in [0.717, 1.165) is 5.48 Å². The third kappa shape index (κ3) is 2.69. The molecule has 0 spiro atoms. The largest absolute Gasteiger partial charge is 0.504 e. The number of rotatable bonds is 4. The normalized spacial score (nSPS) is 17.4. The summed E-state index contributed by atoms with van der Waals surface area (Å²) in [5, 5.41) is 28.8. The zero-order valence-corrected chi connectivity index (χ0v) is 11.8. The van der Waals surface area contributed by atoms with Crippen molar-refractivity contribution in [1.82, 2.24) is 0 Å². The highest BCUT2D eigenvalue weighted by atomic mass is 16.7. The second kappa shape index (κ2) is 6.29. The van der Waals surface area contributed by atoms with Gasteiger partial charge in [0.1, 0.15) is 7.11 Å². The molecule has 0 radical (unpaired) electrons. The topological polar surface area (TPSA) is 98.8 Å². The number of hydrogen-bond donors (Lipinski definition) is 4. The molecule has 0 saturated carbocycles. The molecule has 0 amide bonds. The highest BCUT2D eigenvalue weighted by Gasteiger charge is 2.34. The predicted molar refractivity (Wildman–Crippen MR) is 73.7 cm³/mol. The van der Waals surface area contributed by atoms with E-state index in [0.29, 0.717) is 23.5 Å². The number of aliphatic hydroxyl groups is 2. The summed E-state index contributed by atoms with van der Waals surface area (Å²) in [6, 6.07) is 7.04. The van der Waals surface area contributed by atoms with Gasteiger partial charge in [-0.05, 0) is 6.08 Å². The molecule has 7 nitrogen and oxygen atoms in total. The molecule has 5 N–H and O–H groups in total. The summed E-state index contributed by atoms with van der Waals surface area (Å²) in [7, 11) is 2.85. The van der Waals surface area contributed by atoms with E-state index in [9.17, 15) is 15.4 Å². The molecule has 0 fully saturated rings. The van der Waals surface area contributed by atoms with Crippen LogP contribution in [0.2, 0.25) is 0 Å². The summed E-state index contributed by atoms with van der Waals surface area (Å²) in [5.41, 5.74) is 2.59. The molecular weight excluding hydrogens is 276 g/mol. The molecule has 112 valence electrons. The summed E-state index contributed by atoms with van der Waals surface area (Å²) in [4.78, 5) is 5.36. The number of para-hydroxylation sites is 2. The Kier molecular flexibility index (Phi) is 4.46. The summed E-state index contributed by atoms with van der Waals surface area (Å²) in [5.74, 6) is -0.482. The maximum Gasteiger partial charge on any atom is 0.320 e. The van der Waals surface area contributed by atoms with E-state index in [1.807, 2.05) is 0 Å². The van der Waals surface area contributed by atoms with E-state index < -0.39 is 0 Å². The molecule has 0 aromatic heterocycles. The molecular formula is C14H18N2O5+2. The minimum absolute atomic E-state index is 0.115. The van der Waals surface area contributed by atoms with E-state index in [2.05, 4.69) is 0 Å². The van der Waals surface area contributed by atoms with Crippen LogP contribution in [0.4, 0.5) is 11.4 Å². The van der Waals surface area contributed by atoms with Crippen LogP contribution in [0.3, 0.4) is 0 Å². The SMILES string of the molecule is COC1=C(O)C(O)=CC/C1=[N+](/OC)c1ccccc1[NH2+]O. The molecule has 7 heteroatoms. The lowest BCUT2D eigenvalue weighted by atomic mass is 10.1. The number of nitrogens with zero attached hydrogens (tertiary/aromatic N) is 1. The first kappa shape index (κ1) is 14.9. The molecule has 1 aliphatic rings. The smallest absolute Gasteiger partial charge is 0.320 e. The molecule has 0 bridgehead atoms. The fraction of sp³-hybridized carbons (Fsp3) is 0.214. The van der Waals surface area contributed by atoms with E-state index in [4.69, 9.17) is 9.57 Å². The van der Waals surface area contributed by atoms with Gasteiger partial charge in [-0.15, -0.1) is 0 Å². The third-order valence-electron chi connectivity index (χ3n) is 3.14. The number of allylic oxidation sites excluding steroid dienone is 2. The number of nitrogens with two attached hydrogens (primary N) is 1. The maximum atomic E-state index is 9.90. The van der Waals surface area contributed by atoms with Crippen LogP contribution >= 0.6 is 0 Å². The van der Waals surface area contributed by atoms with Crippen LogP contribution in [0.15, 0.2) is 47.6 Å². The summed E-state index contributed by atoms with van der Waals surface area (Å²) in [6.45, 7) is 0. The molecule has 0 unspecified atom stereocenters. The van der Waals surface area contributed by atoms with E-state index in [1.165, 1.54) is 25.0 Å². The first-order chi connectivity index (χ1) is 10.1. The minimum atomic E-state index is -0.355. The van der Waals surface area contributed by atoms with Gasteiger partial charge in [0, 0.05) is 16.9 Å². The van der Waals surface area contributed by atoms with Crippen molar-refractivity contribution in [2.24, 2.45) is 0 Å². The van der Waals surface area contributed by atoms with Gasteiger partial charge in [-0.2, -0.15) is 5.48 Å². The molecule has 1 aromatic rings. The summed E-state index contributed by atoms with van der Waals surface area (Å²) in [6.07, 6.45) is 1.75. The van der Waals surface area contributed by atoms with Crippen molar-refractivity contribution in [3.8, 4) is 0 Å². The molecule has 21 heavy (non-hydrogen) atoms. The van der Waals surface area contributed by atoms with Crippen LogP contribution < -0.4 is 5.48 Å². The standard InChI is InChI=1S/C14H16N2O5/c1-20-14-11(7-8-12(17)13(14)18)16(21-2)10-6-4-3-5-9(10)15-19/h3-6,8,15,17,19H,7H2,1-2H3/p+2. The van der Waals surface area contributed by atoms with Crippen molar-refractivity contribution >= 4 is 17.1 Å². The van der Waals surface area contributed by atoms with Gasteiger partial charge < -0.3 is 14.9 Å². The highest BCUT2D eigenvalue weighted by molar-refractivity contribution is 5.98. The fourth-order valence-electron chi connectivity index (χ4n) is 2.16. The van der Waals surface area contributed by atoms with Gasteiger partial charge in [-0.25, -0.2) is 5.21 Å². The maximum absolute atomic E-state index is 9.90. The van der Waals surface area contributed by atoms with E-state index in [1.54, 1.807) is 24.3 Å². The molecule has 0 saturated heterocycles. The van der Waals surface area contributed by atoms with Gasteiger partial charge >= 0.3 is 5.69 Å². The van der Waals surface area contributed by atoms with Crippen molar-refractivity contribution in [2.45, 2.75) is 6.42 Å². The first-order valence-electron chi connectivity index (χ1n) is 6.27. The second-order valence-corrected chi connectivity index (χ2v) is 4.29. The number of hydrogen-bond acceptors (Lipinski definition) is 5. The molecule has 1 aliphatic carbocycles. The Morgan fingerprint density at radius 2 is 1.90 bits per heavy atom. The van der Waals surface area contributed by atoms with Crippen molar-refractivity contribution < 1.29 is 35.2 Å². The first-order valence-corrected chi connectivity index (χ1v) is 6.27. The van der Waals surface area contributed by atoms with Crippen molar-refractivity contribution in [3.05, 3.63) is 47.6 Å². The fourth-order valence-corrected chi connectivity index (χ4v) is 2.16. The van der Waals surface area contributed by atoms with Gasteiger partial charge in [0.05, 0.1) is 13.5 Å². The quantitative estimate of drug-likeness (QED) is 0.380. The average Bonchev–Trinajstić information content (AvgIpc) is 2.52. The number of quaternary nitrogens is 1. The lowest BCUT2D eigenvalue weighted by Gasteiger charge is -2.13. The van der Waals surface area contributed by atoms with Crippen LogP contribution in [-0.2, 0) is 9.57 Å².